The Hall–Kier alpha value is -3.33. The lowest BCUT2D eigenvalue weighted by Gasteiger charge is -2.25. The van der Waals surface area contributed by atoms with Crippen LogP contribution in [0.4, 0.5) is 15.8 Å². The smallest absolute Gasteiger partial charge is 0.313 e. The zero-order valence-electron chi connectivity index (χ0n) is 14.8. The van der Waals surface area contributed by atoms with E-state index in [1.54, 1.807) is 26.2 Å². The second-order valence-electron chi connectivity index (χ2n) is 6.00. The minimum atomic E-state index is -0.888. The number of nitro groups is 1. The van der Waals surface area contributed by atoms with Crippen LogP contribution in [0.2, 0.25) is 0 Å². The summed E-state index contributed by atoms with van der Waals surface area (Å²) in [7, 11) is 3.61. The van der Waals surface area contributed by atoms with Gasteiger partial charge in [0.2, 0.25) is 0 Å². The van der Waals surface area contributed by atoms with Crippen LogP contribution in [0.3, 0.4) is 0 Å². The molecule has 0 saturated heterocycles. The second kappa shape index (κ2) is 8.86. The van der Waals surface area contributed by atoms with Crippen molar-refractivity contribution in [3.63, 3.8) is 0 Å². The number of likely N-dealkylation sites (N-methyl/N-ethyl adjacent to an activating group) is 1. The van der Waals surface area contributed by atoms with E-state index in [0.717, 1.165) is 5.56 Å². The van der Waals surface area contributed by atoms with Crippen molar-refractivity contribution in [3.05, 3.63) is 70.0 Å². The maximum absolute atomic E-state index is 13.1. The van der Waals surface area contributed by atoms with Crippen molar-refractivity contribution in [2.24, 2.45) is 0 Å². The van der Waals surface area contributed by atoms with E-state index in [1.807, 2.05) is 4.90 Å². The highest BCUT2D eigenvalue weighted by atomic mass is 19.1. The van der Waals surface area contributed by atoms with Crippen LogP contribution in [0.15, 0.2) is 48.5 Å². The van der Waals surface area contributed by atoms with Crippen molar-refractivity contribution in [2.45, 2.75) is 6.04 Å². The first-order chi connectivity index (χ1) is 12.8. The van der Waals surface area contributed by atoms with Gasteiger partial charge in [0.05, 0.1) is 11.0 Å². The molecular formula is C18H19FN4O4. The third-order valence-corrected chi connectivity index (χ3v) is 3.88. The standard InChI is InChI=1S/C18H19FN4O4/c1-22(2)16(12-3-5-13(19)6-4-12)11-20-17(24)18(25)21-14-7-9-15(10-8-14)23(26)27/h3-10,16H,11H2,1-2H3,(H,20,24)(H,21,25)/t16-/m1/s1. The predicted molar refractivity (Wildman–Crippen MR) is 97.6 cm³/mol. The molecule has 0 bridgehead atoms. The Bertz CT molecular complexity index is 822. The van der Waals surface area contributed by atoms with E-state index < -0.39 is 16.7 Å². The topological polar surface area (TPSA) is 105 Å². The Labute approximate surface area is 155 Å². The van der Waals surface area contributed by atoms with Crippen LogP contribution in [0.25, 0.3) is 0 Å². The normalized spacial score (nSPS) is 11.7. The highest BCUT2D eigenvalue weighted by Gasteiger charge is 2.19. The largest absolute Gasteiger partial charge is 0.346 e. The number of carbonyl (C=O) groups is 2. The molecule has 2 rings (SSSR count). The zero-order chi connectivity index (χ0) is 20.0. The number of hydrogen-bond donors (Lipinski definition) is 2. The number of nitrogens with one attached hydrogen (secondary N) is 2. The number of anilines is 1. The molecule has 0 saturated carbocycles. The number of halogens is 1. The average molecular weight is 374 g/mol. The maximum atomic E-state index is 13.1. The van der Waals surface area contributed by atoms with Crippen molar-refractivity contribution < 1.29 is 18.9 Å². The Morgan fingerprint density at radius 3 is 2.19 bits per heavy atom. The molecule has 1 atom stereocenters. The van der Waals surface area contributed by atoms with Gasteiger partial charge in [-0.1, -0.05) is 12.1 Å². The summed E-state index contributed by atoms with van der Waals surface area (Å²) >= 11 is 0. The van der Waals surface area contributed by atoms with Gasteiger partial charge in [-0.25, -0.2) is 4.39 Å². The van der Waals surface area contributed by atoms with Crippen molar-refractivity contribution in [1.29, 1.82) is 0 Å². The molecular weight excluding hydrogens is 355 g/mol. The van der Waals surface area contributed by atoms with Crippen molar-refractivity contribution in [1.82, 2.24) is 10.2 Å². The monoisotopic (exact) mass is 374 g/mol. The molecule has 0 unspecified atom stereocenters. The lowest BCUT2D eigenvalue weighted by Crippen LogP contribution is -2.40. The number of carbonyl (C=O) groups excluding carboxylic acids is 2. The SMILES string of the molecule is CN(C)[C@H](CNC(=O)C(=O)Nc1ccc([N+](=O)[O-])cc1)c1ccc(F)cc1. The summed E-state index contributed by atoms with van der Waals surface area (Å²) in [6, 6.07) is 10.8. The fourth-order valence-corrected chi connectivity index (χ4v) is 2.41. The fraction of sp³-hybridized carbons (Fsp3) is 0.222. The quantitative estimate of drug-likeness (QED) is 0.458. The molecule has 0 aliphatic heterocycles. The van der Waals surface area contributed by atoms with E-state index in [0.29, 0.717) is 0 Å². The van der Waals surface area contributed by atoms with Gasteiger partial charge >= 0.3 is 11.8 Å². The van der Waals surface area contributed by atoms with Gasteiger partial charge in [-0.2, -0.15) is 0 Å². The Morgan fingerprint density at radius 1 is 1.07 bits per heavy atom. The van der Waals surface area contributed by atoms with Crippen LogP contribution in [-0.2, 0) is 9.59 Å². The van der Waals surface area contributed by atoms with E-state index in [-0.39, 0.29) is 29.8 Å². The number of nitro benzene ring substituents is 1. The van der Waals surface area contributed by atoms with E-state index in [9.17, 15) is 24.1 Å². The van der Waals surface area contributed by atoms with Crippen LogP contribution in [-0.4, -0.2) is 42.3 Å². The first-order valence-electron chi connectivity index (χ1n) is 8.03. The first-order valence-corrected chi connectivity index (χ1v) is 8.03. The van der Waals surface area contributed by atoms with Crippen molar-refractivity contribution >= 4 is 23.2 Å². The highest BCUT2D eigenvalue weighted by Crippen LogP contribution is 2.18. The summed E-state index contributed by atoms with van der Waals surface area (Å²) < 4.78 is 13.1. The van der Waals surface area contributed by atoms with Crippen LogP contribution < -0.4 is 10.6 Å². The summed E-state index contributed by atoms with van der Waals surface area (Å²) in [6.07, 6.45) is 0. The molecule has 0 fully saturated rings. The van der Waals surface area contributed by atoms with Crippen LogP contribution in [0, 0.1) is 15.9 Å². The molecule has 0 aliphatic rings. The number of nitrogens with zero attached hydrogens (tertiary/aromatic N) is 2. The summed E-state index contributed by atoms with van der Waals surface area (Å²) in [6.45, 7) is 0.144. The molecule has 2 amide bonds. The number of hydrogen-bond acceptors (Lipinski definition) is 5. The molecule has 0 heterocycles. The highest BCUT2D eigenvalue weighted by molar-refractivity contribution is 6.39. The predicted octanol–water partition coefficient (Wildman–Crippen LogP) is 2.09. The zero-order valence-corrected chi connectivity index (χ0v) is 14.8. The number of amides is 2. The summed E-state index contributed by atoms with van der Waals surface area (Å²) in [4.78, 5) is 35.9. The third kappa shape index (κ3) is 5.58. The second-order valence-corrected chi connectivity index (χ2v) is 6.00. The number of non-ortho nitro benzene ring substituents is 1. The Kier molecular flexibility index (Phi) is 6.56. The minimum Gasteiger partial charge on any atom is -0.346 e. The van der Waals surface area contributed by atoms with Gasteiger partial charge in [-0.3, -0.25) is 19.7 Å². The van der Waals surface area contributed by atoms with Gasteiger partial charge in [-0.15, -0.1) is 0 Å². The van der Waals surface area contributed by atoms with Gasteiger partial charge in [0.1, 0.15) is 5.82 Å². The minimum absolute atomic E-state index is 0.120. The summed E-state index contributed by atoms with van der Waals surface area (Å²) in [5.74, 6) is -2.09. The van der Waals surface area contributed by atoms with Gasteiger partial charge in [0.15, 0.2) is 0 Å². The fourth-order valence-electron chi connectivity index (χ4n) is 2.41. The number of benzene rings is 2. The molecule has 8 nitrogen and oxygen atoms in total. The molecule has 0 aliphatic carbocycles. The average Bonchev–Trinajstić information content (AvgIpc) is 2.63. The molecule has 0 radical (unpaired) electrons. The van der Waals surface area contributed by atoms with E-state index in [2.05, 4.69) is 10.6 Å². The van der Waals surface area contributed by atoms with Crippen LogP contribution in [0.5, 0.6) is 0 Å². The summed E-state index contributed by atoms with van der Waals surface area (Å²) in [5, 5.41) is 15.5. The van der Waals surface area contributed by atoms with E-state index >= 15 is 0 Å². The van der Waals surface area contributed by atoms with Crippen LogP contribution >= 0.6 is 0 Å². The van der Waals surface area contributed by atoms with E-state index in [1.165, 1.54) is 36.4 Å². The van der Waals surface area contributed by atoms with E-state index in [4.69, 9.17) is 0 Å². The summed E-state index contributed by atoms with van der Waals surface area (Å²) in [5.41, 5.74) is 0.937. The molecule has 2 N–H and O–H groups in total. The van der Waals surface area contributed by atoms with Gasteiger partial charge in [0.25, 0.3) is 5.69 Å². The molecule has 27 heavy (non-hydrogen) atoms. The number of rotatable bonds is 6. The third-order valence-electron chi connectivity index (χ3n) is 3.88. The molecule has 2 aromatic carbocycles. The molecule has 9 heteroatoms. The van der Waals surface area contributed by atoms with Crippen molar-refractivity contribution in [2.75, 3.05) is 26.0 Å². The molecule has 2 aromatic rings. The molecule has 0 aromatic heterocycles. The lowest BCUT2D eigenvalue weighted by atomic mass is 10.1. The molecule has 0 spiro atoms. The molecule has 142 valence electrons. The lowest BCUT2D eigenvalue weighted by molar-refractivity contribution is -0.384. The van der Waals surface area contributed by atoms with Crippen LogP contribution in [0.1, 0.15) is 11.6 Å². The van der Waals surface area contributed by atoms with Gasteiger partial charge in [0, 0.05) is 24.4 Å². The Balaban J connectivity index is 1.95. The van der Waals surface area contributed by atoms with Gasteiger partial charge in [-0.05, 0) is 43.9 Å². The Morgan fingerprint density at radius 2 is 1.67 bits per heavy atom. The maximum Gasteiger partial charge on any atom is 0.313 e. The van der Waals surface area contributed by atoms with Gasteiger partial charge < -0.3 is 15.5 Å². The first kappa shape index (κ1) is 20.0. The van der Waals surface area contributed by atoms with Crippen molar-refractivity contribution in [3.8, 4) is 0 Å².